The van der Waals surface area contributed by atoms with Crippen molar-refractivity contribution >= 4 is 50.8 Å². The minimum atomic E-state index is -0.614. The Kier molecular flexibility index (Phi) is 5.59. The van der Waals surface area contributed by atoms with E-state index in [1.165, 1.54) is 6.42 Å². The fourth-order valence-electron chi connectivity index (χ4n) is 4.25. The zero-order chi connectivity index (χ0) is 22.1. The van der Waals surface area contributed by atoms with Crippen LogP contribution in [0.3, 0.4) is 0 Å². The summed E-state index contributed by atoms with van der Waals surface area (Å²) in [7, 11) is 0. The highest BCUT2D eigenvalue weighted by Crippen LogP contribution is 2.37. The third-order valence-corrected chi connectivity index (χ3v) is 6.08. The van der Waals surface area contributed by atoms with E-state index in [2.05, 4.69) is 25.2 Å². The summed E-state index contributed by atoms with van der Waals surface area (Å²) >= 11 is 6.79. The van der Waals surface area contributed by atoms with Gasteiger partial charge in [-0.2, -0.15) is 0 Å². The summed E-state index contributed by atoms with van der Waals surface area (Å²) < 4.78 is 0. The summed E-state index contributed by atoms with van der Waals surface area (Å²) in [6.45, 7) is 1.34. The standard InChI is InChI=1S/C24H22ClN5O2/c25-19-11-18-20(26-14-27-24(18)30-8-4-1-5-9-30)12-17(19)23-16-7-3-2-6-15(16)10-21(29-23)28-22(32)13-31/h2-3,6-7,10-12,14,31H,1,4-5,8-9,13H2,(H,28,29,32). The lowest BCUT2D eigenvalue weighted by atomic mass is 10.0. The lowest BCUT2D eigenvalue weighted by molar-refractivity contribution is -0.118. The van der Waals surface area contributed by atoms with Crippen LogP contribution >= 0.6 is 11.6 Å². The van der Waals surface area contributed by atoms with E-state index in [1.807, 2.05) is 36.4 Å². The molecular formula is C24H22ClN5O2. The van der Waals surface area contributed by atoms with Gasteiger partial charge in [-0.1, -0.05) is 35.9 Å². The van der Waals surface area contributed by atoms with E-state index in [1.54, 1.807) is 12.4 Å². The van der Waals surface area contributed by atoms with E-state index >= 15 is 0 Å². The minimum absolute atomic E-state index is 0.352. The Balaban J connectivity index is 1.67. The van der Waals surface area contributed by atoms with Gasteiger partial charge in [0.05, 0.1) is 16.2 Å². The molecule has 1 fully saturated rings. The first kappa shape index (κ1) is 20.6. The van der Waals surface area contributed by atoms with Crippen molar-refractivity contribution in [1.82, 2.24) is 15.0 Å². The van der Waals surface area contributed by atoms with E-state index in [9.17, 15) is 4.79 Å². The van der Waals surface area contributed by atoms with Gasteiger partial charge in [0.15, 0.2) is 0 Å². The molecule has 2 aromatic heterocycles. The molecule has 1 aliphatic rings. The van der Waals surface area contributed by atoms with Crippen LogP contribution in [0.1, 0.15) is 19.3 Å². The van der Waals surface area contributed by atoms with Gasteiger partial charge < -0.3 is 15.3 Å². The number of aromatic nitrogens is 3. The number of aliphatic hydroxyl groups excluding tert-OH is 1. The number of pyridine rings is 1. The van der Waals surface area contributed by atoms with Gasteiger partial charge in [0.2, 0.25) is 0 Å². The number of rotatable bonds is 4. The Morgan fingerprint density at radius 2 is 1.88 bits per heavy atom. The van der Waals surface area contributed by atoms with E-state index in [-0.39, 0.29) is 0 Å². The second-order valence-electron chi connectivity index (χ2n) is 7.88. The molecule has 1 aliphatic heterocycles. The van der Waals surface area contributed by atoms with Crippen LogP contribution in [0.25, 0.3) is 32.9 Å². The normalized spacial score (nSPS) is 14.1. The summed E-state index contributed by atoms with van der Waals surface area (Å²) in [4.78, 5) is 27.7. The lowest BCUT2D eigenvalue weighted by Gasteiger charge is -2.28. The molecule has 0 saturated carbocycles. The van der Waals surface area contributed by atoms with Crippen LogP contribution in [-0.2, 0) is 4.79 Å². The molecule has 0 spiro atoms. The molecule has 2 aromatic carbocycles. The number of aliphatic hydroxyl groups is 1. The largest absolute Gasteiger partial charge is 0.387 e. The number of halogens is 1. The van der Waals surface area contributed by atoms with Crippen LogP contribution in [0.4, 0.5) is 11.6 Å². The molecule has 7 nitrogen and oxygen atoms in total. The van der Waals surface area contributed by atoms with Crippen LogP contribution in [0.5, 0.6) is 0 Å². The number of nitrogens with one attached hydrogen (secondary N) is 1. The Hall–Kier alpha value is -3.29. The smallest absolute Gasteiger partial charge is 0.251 e. The summed E-state index contributed by atoms with van der Waals surface area (Å²) in [5.74, 6) is 0.734. The Labute approximate surface area is 190 Å². The van der Waals surface area contributed by atoms with E-state index in [4.69, 9.17) is 16.7 Å². The van der Waals surface area contributed by atoms with Crippen molar-refractivity contribution in [2.75, 3.05) is 29.9 Å². The average molecular weight is 448 g/mol. The number of amides is 1. The molecule has 1 saturated heterocycles. The SMILES string of the molecule is O=C(CO)Nc1cc2ccccc2c(-c2cc3ncnc(N4CCCCC4)c3cc2Cl)n1. The van der Waals surface area contributed by atoms with Gasteiger partial charge in [0.1, 0.15) is 24.6 Å². The van der Waals surface area contributed by atoms with Crippen LogP contribution in [0.15, 0.2) is 48.8 Å². The summed E-state index contributed by atoms with van der Waals surface area (Å²) in [6, 6.07) is 13.4. The van der Waals surface area contributed by atoms with Gasteiger partial charge in [0.25, 0.3) is 5.91 Å². The van der Waals surface area contributed by atoms with Crippen LogP contribution < -0.4 is 10.2 Å². The summed E-state index contributed by atoms with van der Waals surface area (Å²) in [5.41, 5.74) is 2.15. The first-order valence-corrected chi connectivity index (χ1v) is 11.0. The predicted octanol–water partition coefficient (Wildman–Crippen LogP) is 4.42. The number of hydrogen-bond acceptors (Lipinski definition) is 6. The Bertz CT molecular complexity index is 1320. The zero-order valence-electron chi connectivity index (χ0n) is 17.4. The maximum atomic E-state index is 11.7. The van der Waals surface area contributed by atoms with Crippen molar-refractivity contribution in [2.24, 2.45) is 0 Å². The molecule has 162 valence electrons. The third kappa shape index (κ3) is 3.85. The number of carbonyl (C=O) groups excluding carboxylic acids is 1. The molecule has 0 unspecified atom stereocenters. The van der Waals surface area contributed by atoms with Crippen molar-refractivity contribution in [3.63, 3.8) is 0 Å². The van der Waals surface area contributed by atoms with Crippen LogP contribution in [0.2, 0.25) is 5.02 Å². The molecule has 3 heterocycles. The molecule has 0 atom stereocenters. The second kappa shape index (κ2) is 8.68. The second-order valence-corrected chi connectivity index (χ2v) is 8.28. The summed E-state index contributed by atoms with van der Waals surface area (Å²) in [5, 5.41) is 15.0. The van der Waals surface area contributed by atoms with Crippen molar-refractivity contribution in [3.05, 3.63) is 53.8 Å². The zero-order valence-corrected chi connectivity index (χ0v) is 18.1. The molecular weight excluding hydrogens is 426 g/mol. The molecule has 5 rings (SSSR count). The molecule has 0 bridgehead atoms. The quantitative estimate of drug-likeness (QED) is 0.481. The number of nitrogens with zero attached hydrogens (tertiary/aromatic N) is 4. The first-order chi connectivity index (χ1) is 15.6. The summed E-state index contributed by atoms with van der Waals surface area (Å²) in [6.07, 6.45) is 5.14. The monoisotopic (exact) mass is 447 g/mol. The predicted molar refractivity (Wildman–Crippen MR) is 127 cm³/mol. The molecule has 2 N–H and O–H groups in total. The molecule has 1 amide bonds. The number of carbonyl (C=O) groups is 1. The van der Waals surface area contributed by atoms with Crippen molar-refractivity contribution in [2.45, 2.75) is 19.3 Å². The van der Waals surface area contributed by atoms with Gasteiger partial charge in [-0.15, -0.1) is 0 Å². The van der Waals surface area contributed by atoms with Crippen molar-refractivity contribution in [3.8, 4) is 11.3 Å². The van der Waals surface area contributed by atoms with Gasteiger partial charge in [-0.05, 0) is 42.8 Å². The number of hydrogen-bond donors (Lipinski definition) is 2. The Morgan fingerprint density at radius 1 is 1.06 bits per heavy atom. The molecule has 32 heavy (non-hydrogen) atoms. The maximum absolute atomic E-state index is 11.7. The fraction of sp³-hybridized carbons (Fsp3) is 0.250. The van der Waals surface area contributed by atoms with Crippen molar-refractivity contribution in [1.29, 1.82) is 0 Å². The average Bonchev–Trinajstić information content (AvgIpc) is 2.83. The first-order valence-electron chi connectivity index (χ1n) is 10.6. The molecule has 0 radical (unpaired) electrons. The van der Waals surface area contributed by atoms with Gasteiger partial charge in [-0.25, -0.2) is 15.0 Å². The minimum Gasteiger partial charge on any atom is -0.387 e. The van der Waals surface area contributed by atoms with Crippen LogP contribution in [-0.4, -0.2) is 45.7 Å². The molecule has 4 aromatic rings. The lowest BCUT2D eigenvalue weighted by Crippen LogP contribution is -2.30. The van der Waals surface area contributed by atoms with Gasteiger partial charge >= 0.3 is 0 Å². The number of piperidine rings is 1. The van der Waals surface area contributed by atoms with E-state index < -0.39 is 12.5 Å². The highest BCUT2D eigenvalue weighted by atomic mass is 35.5. The van der Waals surface area contributed by atoms with Crippen LogP contribution in [0, 0.1) is 0 Å². The Morgan fingerprint density at radius 3 is 2.69 bits per heavy atom. The molecule has 0 aliphatic carbocycles. The topological polar surface area (TPSA) is 91.2 Å². The van der Waals surface area contributed by atoms with Crippen molar-refractivity contribution < 1.29 is 9.90 Å². The van der Waals surface area contributed by atoms with E-state index in [0.29, 0.717) is 16.5 Å². The fourth-order valence-corrected chi connectivity index (χ4v) is 4.51. The van der Waals surface area contributed by atoms with E-state index in [0.717, 1.165) is 59.0 Å². The molecule has 8 heteroatoms. The van der Waals surface area contributed by atoms with Gasteiger partial charge in [-0.3, -0.25) is 4.79 Å². The number of anilines is 2. The number of benzene rings is 2. The maximum Gasteiger partial charge on any atom is 0.251 e. The highest BCUT2D eigenvalue weighted by Gasteiger charge is 2.19. The van der Waals surface area contributed by atoms with Gasteiger partial charge in [0, 0.05) is 29.4 Å². The number of fused-ring (bicyclic) bond motifs is 2. The highest BCUT2D eigenvalue weighted by molar-refractivity contribution is 6.34. The third-order valence-electron chi connectivity index (χ3n) is 5.77.